The molecule has 4 saturated heterocycles. The Kier molecular flexibility index (Phi) is 16.6. The number of hydrogen-bond acceptors (Lipinski definition) is 12. The van der Waals surface area contributed by atoms with Gasteiger partial charge in [0.15, 0.2) is 0 Å². The van der Waals surface area contributed by atoms with Gasteiger partial charge in [0, 0.05) is 103 Å². The van der Waals surface area contributed by atoms with Gasteiger partial charge < -0.3 is 49.6 Å². The van der Waals surface area contributed by atoms with Crippen molar-refractivity contribution in [3.05, 3.63) is 59.7 Å². The number of nitrogens with zero attached hydrogens (tertiary/aromatic N) is 4. The van der Waals surface area contributed by atoms with Crippen LogP contribution in [0.2, 0.25) is 0 Å². The van der Waals surface area contributed by atoms with E-state index >= 15 is 0 Å². The average molecular weight is 1020 g/mol. The van der Waals surface area contributed by atoms with Crippen LogP contribution in [0.3, 0.4) is 0 Å². The Labute approximate surface area is 418 Å². The summed E-state index contributed by atoms with van der Waals surface area (Å²) in [6.07, 6.45) is -1.49. The van der Waals surface area contributed by atoms with Gasteiger partial charge in [-0.1, -0.05) is 24.3 Å². The number of halogens is 4. The van der Waals surface area contributed by atoms with E-state index in [1.807, 2.05) is 9.80 Å². The first-order valence-corrected chi connectivity index (χ1v) is 26.1. The maximum atomic E-state index is 14.6. The number of piperazine rings is 2. The highest BCUT2D eigenvalue weighted by atomic mass is 19.3. The molecule has 16 nitrogen and oxygen atoms in total. The van der Waals surface area contributed by atoms with Crippen molar-refractivity contribution >= 4 is 23.6 Å². The molecule has 2 aromatic carbocycles. The SMILES string of the molecule is O=C1NC[C@H]2O[C@H](CCOc3ccccc3C(=O)N3CCN(C4CCC(F)(F)CC4)C[C@H]3C(=O)NC[C@H]3O[C@H](CCOc4ccccc4C(=O)N4CCN(C5CCC(F)(F)CC5)C[C@@H]14)CC[C@@H]3O)CC[C@@H]2O. The van der Waals surface area contributed by atoms with Crippen LogP contribution in [0.25, 0.3) is 0 Å². The van der Waals surface area contributed by atoms with Crippen molar-refractivity contribution in [2.45, 2.75) is 163 Å². The molecule has 0 radical (unpaired) electrons. The van der Waals surface area contributed by atoms with E-state index in [0.29, 0.717) is 63.1 Å². The number of ether oxygens (including phenoxy) is 4. The second-order valence-corrected chi connectivity index (χ2v) is 20.8. The maximum absolute atomic E-state index is 14.6. The number of rotatable bonds is 2. The summed E-state index contributed by atoms with van der Waals surface area (Å²) in [5.41, 5.74) is 0.479. The minimum absolute atomic E-state index is 0.0566. The summed E-state index contributed by atoms with van der Waals surface area (Å²) in [4.78, 5) is 64.9. The summed E-state index contributed by atoms with van der Waals surface area (Å²) < 4.78 is 82.1. The van der Waals surface area contributed by atoms with E-state index in [1.165, 1.54) is 9.80 Å². The van der Waals surface area contributed by atoms with Gasteiger partial charge in [-0.3, -0.25) is 29.0 Å². The summed E-state index contributed by atoms with van der Waals surface area (Å²) in [5.74, 6) is -6.66. The fourth-order valence-corrected chi connectivity index (χ4v) is 11.8. The van der Waals surface area contributed by atoms with Crippen molar-refractivity contribution in [1.82, 2.24) is 30.2 Å². The number of benzene rings is 2. The Hall–Kier alpha value is -4.60. The molecule has 4 amide bonds. The zero-order valence-corrected chi connectivity index (χ0v) is 40.8. The number of hydrogen-bond donors (Lipinski definition) is 4. The molecule has 2 aliphatic carbocycles. The molecule has 7 aliphatic rings. The zero-order valence-electron chi connectivity index (χ0n) is 40.8. The molecule has 396 valence electrons. The van der Waals surface area contributed by atoms with Gasteiger partial charge in [-0.05, 0) is 75.6 Å². The molecule has 0 unspecified atom stereocenters. The van der Waals surface area contributed by atoms with Crippen molar-refractivity contribution in [1.29, 1.82) is 0 Å². The number of para-hydroxylation sites is 2. The van der Waals surface area contributed by atoms with Crippen molar-refractivity contribution in [2.24, 2.45) is 0 Å². The highest BCUT2D eigenvalue weighted by Gasteiger charge is 2.45. The number of amides is 4. The predicted octanol–water partition coefficient (Wildman–Crippen LogP) is 4.40. The van der Waals surface area contributed by atoms with Crippen molar-refractivity contribution in [3.8, 4) is 11.5 Å². The quantitative estimate of drug-likeness (QED) is 0.312. The number of nitrogens with one attached hydrogen (secondary N) is 2. The number of fused-ring (bicyclic) bond motifs is 8. The first kappa shape index (κ1) is 52.3. The van der Waals surface area contributed by atoms with Gasteiger partial charge in [0.2, 0.25) is 23.7 Å². The van der Waals surface area contributed by atoms with Gasteiger partial charge in [-0.25, -0.2) is 17.6 Å². The van der Waals surface area contributed by atoms with Crippen LogP contribution in [0.5, 0.6) is 11.5 Å². The Balaban J connectivity index is 0.951. The largest absolute Gasteiger partial charge is 0.493 e. The summed E-state index contributed by atoms with van der Waals surface area (Å²) in [7, 11) is 0. The predicted molar refractivity (Wildman–Crippen MR) is 254 cm³/mol. The minimum Gasteiger partial charge on any atom is -0.493 e. The zero-order chi connectivity index (χ0) is 50.6. The van der Waals surface area contributed by atoms with Crippen LogP contribution >= 0.6 is 0 Å². The lowest BCUT2D eigenvalue weighted by molar-refractivity contribution is -0.136. The van der Waals surface area contributed by atoms with E-state index in [0.717, 1.165) is 0 Å². The second-order valence-electron chi connectivity index (χ2n) is 20.8. The molecule has 4 N–H and O–H groups in total. The standard InChI is InChI=1S/C52H70F4N6O10/c53-51(54)19-13-33(14-20-51)59-23-25-61-39(31-59)47(65)57-29-45-42(64)12-10-36(72-45)18-28-70-44-8-4-2-6-38(44)50(68)62-26-24-60(34-15-21-52(55,56)22-16-34)32-40(62)48(66)58-30-46-41(63)11-9-35(71-46)17-27-69-43-7-3-1-5-37(43)49(61)67/h1-8,33-36,39-42,45-46,63-64H,9-32H2,(H,57,65)(H,58,66)/t35-,36-,39-,40-,41-,42-,45+,46+/m0/s1. The first-order valence-electron chi connectivity index (χ1n) is 26.1. The van der Waals surface area contributed by atoms with Crippen molar-refractivity contribution < 1.29 is 65.9 Å². The molecule has 8 atom stereocenters. The lowest BCUT2D eigenvalue weighted by Gasteiger charge is -2.45. The molecule has 0 aromatic heterocycles. The van der Waals surface area contributed by atoms with Gasteiger partial charge in [0.25, 0.3) is 11.8 Å². The highest BCUT2D eigenvalue weighted by Crippen LogP contribution is 2.38. The Morgan fingerprint density at radius 2 is 0.903 bits per heavy atom. The van der Waals surface area contributed by atoms with Crippen LogP contribution in [0, 0.1) is 0 Å². The third-order valence-corrected chi connectivity index (χ3v) is 16.1. The van der Waals surface area contributed by atoms with Crippen LogP contribution in [-0.2, 0) is 19.1 Å². The summed E-state index contributed by atoms with van der Waals surface area (Å²) in [6, 6.07) is 11.2. The van der Waals surface area contributed by atoms with Gasteiger partial charge >= 0.3 is 0 Å². The molecule has 72 heavy (non-hydrogen) atoms. The highest BCUT2D eigenvalue weighted by molar-refractivity contribution is 6.00. The number of carbonyl (C=O) groups excluding carboxylic acids is 4. The molecule has 0 spiro atoms. The van der Waals surface area contributed by atoms with Gasteiger partial charge in [0.1, 0.15) is 35.8 Å². The smallest absolute Gasteiger partial charge is 0.258 e. The van der Waals surface area contributed by atoms with Crippen molar-refractivity contribution in [2.75, 3.05) is 65.6 Å². The Morgan fingerprint density at radius 3 is 1.31 bits per heavy atom. The first-order chi connectivity index (χ1) is 34.6. The molecule has 5 aliphatic heterocycles. The third kappa shape index (κ3) is 12.5. The third-order valence-electron chi connectivity index (χ3n) is 16.1. The molecule has 9 rings (SSSR count). The average Bonchev–Trinajstić information content (AvgIpc) is 3.38. The number of aliphatic hydroxyl groups excluding tert-OH is 2. The molecule has 4 bridgehead atoms. The second kappa shape index (κ2) is 22.9. The lowest BCUT2D eigenvalue weighted by Crippen LogP contribution is -2.63. The normalized spacial score (nSPS) is 32.5. The van der Waals surface area contributed by atoms with Gasteiger partial charge in [-0.2, -0.15) is 0 Å². The number of aliphatic hydroxyl groups is 2. The van der Waals surface area contributed by atoms with Crippen molar-refractivity contribution in [3.63, 3.8) is 0 Å². The molecule has 2 aromatic rings. The number of alkyl halides is 4. The van der Waals surface area contributed by atoms with E-state index in [2.05, 4.69) is 10.6 Å². The summed E-state index contributed by atoms with van der Waals surface area (Å²) in [5, 5.41) is 28.1. The summed E-state index contributed by atoms with van der Waals surface area (Å²) >= 11 is 0. The fourth-order valence-electron chi connectivity index (χ4n) is 11.8. The van der Waals surface area contributed by atoms with Crippen LogP contribution in [0.1, 0.15) is 111 Å². The number of carbonyl (C=O) groups is 4. The van der Waals surface area contributed by atoms with E-state index in [-0.39, 0.29) is 139 Å². The fraction of sp³-hybridized carbons (Fsp3) is 0.692. The Morgan fingerprint density at radius 1 is 0.514 bits per heavy atom. The van der Waals surface area contributed by atoms with E-state index in [9.17, 15) is 47.0 Å². The molecule has 5 heterocycles. The summed E-state index contributed by atoms with van der Waals surface area (Å²) in [6.45, 7) is 1.49. The topological polar surface area (TPSA) is 183 Å². The van der Waals surface area contributed by atoms with Gasteiger partial charge in [-0.15, -0.1) is 0 Å². The molecular formula is C52H70F4N6O10. The molecule has 2 saturated carbocycles. The molecule has 6 fully saturated rings. The lowest BCUT2D eigenvalue weighted by atomic mass is 9.90. The van der Waals surface area contributed by atoms with E-state index in [1.54, 1.807) is 48.5 Å². The van der Waals surface area contributed by atoms with E-state index < -0.39 is 72.0 Å². The maximum Gasteiger partial charge on any atom is 0.258 e. The van der Waals surface area contributed by atoms with E-state index in [4.69, 9.17) is 18.9 Å². The molecular weight excluding hydrogens is 945 g/mol. The van der Waals surface area contributed by atoms with Crippen LogP contribution in [-0.4, -0.2) is 192 Å². The minimum atomic E-state index is -2.73. The Bertz CT molecular complexity index is 2060. The van der Waals surface area contributed by atoms with Crippen LogP contribution in [0.15, 0.2) is 48.5 Å². The van der Waals surface area contributed by atoms with Crippen LogP contribution < -0.4 is 20.1 Å². The van der Waals surface area contributed by atoms with Crippen LogP contribution in [0.4, 0.5) is 17.6 Å². The molecule has 20 heteroatoms. The monoisotopic (exact) mass is 1010 g/mol. The van der Waals surface area contributed by atoms with Gasteiger partial charge in [0.05, 0.1) is 48.8 Å².